The number of furan rings is 1. The molecular weight excluding hydrogens is 268 g/mol. The second-order valence-electron chi connectivity index (χ2n) is 4.90. The largest absolute Gasteiger partial charge is 0.467 e. The van der Waals surface area contributed by atoms with E-state index in [1.54, 1.807) is 12.1 Å². The molecule has 0 atom stereocenters. The molecule has 0 saturated heterocycles. The number of carbonyl (C=O) groups is 2. The quantitative estimate of drug-likeness (QED) is 0.830. The Balaban J connectivity index is 1.82. The standard InChI is InChI=1S/C16H18N2O3/c1-11-5-6-14(12(2)8-11)18-16(20)9-15(19)17-10-13-4-3-7-21-13/h3-8H,9-10H2,1-2H3,(H,17,19)(H,18,20). The molecule has 5 heteroatoms. The van der Waals surface area contributed by atoms with Gasteiger partial charge in [-0.3, -0.25) is 9.59 Å². The summed E-state index contributed by atoms with van der Waals surface area (Å²) >= 11 is 0. The second kappa shape index (κ2) is 6.74. The highest BCUT2D eigenvalue weighted by molar-refractivity contribution is 6.03. The molecule has 1 heterocycles. The molecule has 1 aromatic carbocycles. The molecule has 0 spiro atoms. The van der Waals surface area contributed by atoms with Gasteiger partial charge >= 0.3 is 0 Å². The monoisotopic (exact) mass is 286 g/mol. The van der Waals surface area contributed by atoms with Crippen LogP contribution in [0.25, 0.3) is 0 Å². The number of amides is 2. The van der Waals surface area contributed by atoms with Crippen molar-refractivity contribution in [1.29, 1.82) is 0 Å². The lowest BCUT2D eigenvalue weighted by atomic mass is 10.1. The van der Waals surface area contributed by atoms with E-state index in [-0.39, 0.29) is 24.8 Å². The van der Waals surface area contributed by atoms with Gasteiger partial charge in [-0.25, -0.2) is 0 Å². The van der Waals surface area contributed by atoms with Gasteiger partial charge < -0.3 is 15.1 Å². The third-order valence-corrected chi connectivity index (χ3v) is 3.02. The molecular formula is C16H18N2O3. The number of anilines is 1. The minimum absolute atomic E-state index is 0.214. The number of hydrogen-bond acceptors (Lipinski definition) is 3. The van der Waals surface area contributed by atoms with E-state index in [9.17, 15) is 9.59 Å². The Morgan fingerprint density at radius 1 is 1.14 bits per heavy atom. The molecule has 2 aromatic rings. The summed E-state index contributed by atoms with van der Waals surface area (Å²) in [4.78, 5) is 23.5. The summed E-state index contributed by atoms with van der Waals surface area (Å²) in [5.41, 5.74) is 2.82. The van der Waals surface area contributed by atoms with Crippen molar-refractivity contribution in [3.8, 4) is 0 Å². The first-order valence-electron chi connectivity index (χ1n) is 6.71. The molecule has 0 unspecified atom stereocenters. The summed E-state index contributed by atoms with van der Waals surface area (Å²) in [7, 11) is 0. The molecule has 0 fully saturated rings. The average molecular weight is 286 g/mol. The zero-order chi connectivity index (χ0) is 15.2. The van der Waals surface area contributed by atoms with Gasteiger partial charge in [-0.05, 0) is 37.6 Å². The van der Waals surface area contributed by atoms with Crippen molar-refractivity contribution in [1.82, 2.24) is 5.32 Å². The third-order valence-electron chi connectivity index (χ3n) is 3.02. The Bertz CT molecular complexity index is 633. The summed E-state index contributed by atoms with van der Waals surface area (Å²) in [6.45, 7) is 4.18. The maximum absolute atomic E-state index is 11.8. The average Bonchev–Trinajstić information content (AvgIpc) is 2.93. The number of aryl methyl sites for hydroxylation is 2. The van der Waals surface area contributed by atoms with E-state index < -0.39 is 0 Å². The van der Waals surface area contributed by atoms with Gasteiger partial charge in [0.2, 0.25) is 11.8 Å². The summed E-state index contributed by atoms with van der Waals surface area (Å²) in [5, 5.41) is 5.37. The molecule has 0 aliphatic carbocycles. The molecule has 0 saturated carbocycles. The molecule has 0 aliphatic rings. The first-order valence-corrected chi connectivity index (χ1v) is 6.71. The van der Waals surface area contributed by atoms with Crippen LogP contribution >= 0.6 is 0 Å². The SMILES string of the molecule is Cc1ccc(NC(=O)CC(=O)NCc2ccco2)c(C)c1. The van der Waals surface area contributed by atoms with Crippen molar-refractivity contribution in [3.63, 3.8) is 0 Å². The Morgan fingerprint density at radius 3 is 2.62 bits per heavy atom. The van der Waals surface area contributed by atoms with Crippen LogP contribution in [0.1, 0.15) is 23.3 Å². The van der Waals surface area contributed by atoms with Crippen LogP contribution in [-0.2, 0) is 16.1 Å². The van der Waals surface area contributed by atoms with Gasteiger partial charge in [0.05, 0.1) is 12.8 Å². The number of nitrogens with one attached hydrogen (secondary N) is 2. The minimum atomic E-state index is -0.339. The van der Waals surface area contributed by atoms with Crippen molar-refractivity contribution < 1.29 is 14.0 Å². The van der Waals surface area contributed by atoms with Crippen LogP contribution in [0.15, 0.2) is 41.0 Å². The van der Waals surface area contributed by atoms with E-state index in [4.69, 9.17) is 4.42 Å². The van der Waals surface area contributed by atoms with E-state index in [0.29, 0.717) is 5.76 Å². The number of hydrogen-bond donors (Lipinski definition) is 2. The number of rotatable bonds is 5. The normalized spacial score (nSPS) is 10.2. The fourth-order valence-electron chi connectivity index (χ4n) is 1.96. The molecule has 2 rings (SSSR count). The fraction of sp³-hybridized carbons (Fsp3) is 0.250. The smallest absolute Gasteiger partial charge is 0.233 e. The molecule has 0 radical (unpaired) electrons. The molecule has 110 valence electrons. The maximum atomic E-state index is 11.8. The van der Waals surface area contributed by atoms with Crippen LogP contribution in [0.5, 0.6) is 0 Å². The predicted octanol–water partition coefficient (Wildman–Crippen LogP) is 2.54. The molecule has 1 aromatic heterocycles. The van der Waals surface area contributed by atoms with E-state index in [0.717, 1.165) is 16.8 Å². The Hall–Kier alpha value is -2.56. The van der Waals surface area contributed by atoms with Crippen molar-refractivity contribution in [2.24, 2.45) is 0 Å². The van der Waals surface area contributed by atoms with Gasteiger partial charge in [0.25, 0.3) is 0 Å². The number of carbonyl (C=O) groups excluding carboxylic acids is 2. The lowest BCUT2D eigenvalue weighted by Gasteiger charge is -2.09. The molecule has 2 N–H and O–H groups in total. The summed E-state index contributed by atoms with van der Waals surface area (Å²) < 4.78 is 5.10. The zero-order valence-electron chi connectivity index (χ0n) is 12.1. The first-order chi connectivity index (χ1) is 10.0. The van der Waals surface area contributed by atoms with Crippen molar-refractivity contribution in [2.45, 2.75) is 26.8 Å². The highest BCUT2D eigenvalue weighted by Gasteiger charge is 2.11. The van der Waals surface area contributed by atoms with E-state index in [1.807, 2.05) is 32.0 Å². The highest BCUT2D eigenvalue weighted by atomic mass is 16.3. The van der Waals surface area contributed by atoms with Gasteiger partial charge in [0, 0.05) is 5.69 Å². The van der Waals surface area contributed by atoms with Crippen LogP contribution < -0.4 is 10.6 Å². The van der Waals surface area contributed by atoms with Gasteiger partial charge in [-0.1, -0.05) is 17.7 Å². The summed E-state index contributed by atoms with van der Waals surface area (Å²) in [5.74, 6) is -0.0225. The molecule has 2 amide bonds. The van der Waals surface area contributed by atoms with E-state index >= 15 is 0 Å². The highest BCUT2D eigenvalue weighted by Crippen LogP contribution is 2.16. The lowest BCUT2D eigenvalue weighted by molar-refractivity contribution is -0.127. The van der Waals surface area contributed by atoms with Crippen molar-refractivity contribution in [2.75, 3.05) is 5.32 Å². The van der Waals surface area contributed by atoms with Crippen molar-refractivity contribution >= 4 is 17.5 Å². The molecule has 5 nitrogen and oxygen atoms in total. The summed E-state index contributed by atoms with van der Waals surface area (Å²) in [6.07, 6.45) is 1.32. The van der Waals surface area contributed by atoms with Gasteiger partial charge in [0.1, 0.15) is 12.2 Å². The van der Waals surface area contributed by atoms with Crippen LogP contribution in [0.2, 0.25) is 0 Å². The fourth-order valence-corrected chi connectivity index (χ4v) is 1.96. The van der Waals surface area contributed by atoms with Gasteiger partial charge in [-0.15, -0.1) is 0 Å². The Morgan fingerprint density at radius 2 is 1.95 bits per heavy atom. The van der Waals surface area contributed by atoms with Crippen LogP contribution in [0, 0.1) is 13.8 Å². The van der Waals surface area contributed by atoms with E-state index in [1.165, 1.54) is 6.26 Å². The van der Waals surface area contributed by atoms with Gasteiger partial charge in [0.15, 0.2) is 0 Å². The minimum Gasteiger partial charge on any atom is -0.467 e. The second-order valence-corrected chi connectivity index (χ2v) is 4.90. The van der Waals surface area contributed by atoms with Crippen LogP contribution in [-0.4, -0.2) is 11.8 Å². The van der Waals surface area contributed by atoms with Gasteiger partial charge in [-0.2, -0.15) is 0 Å². The molecule has 0 aliphatic heterocycles. The zero-order valence-corrected chi connectivity index (χ0v) is 12.1. The van der Waals surface area contributed by atoms with Crippen LogP contribution in [0.3, 0.4) is 0 Å². The topological polar surface area (TPSA) is 71.3 Å². The Labute approximate surface area is 123 Å². The van der Waals surface area contributed by atoms with Crippen molar-refractivity contribution in [3.05, 3.63) is 53.5 Å². The first kappa shape index (κ1) is 14.8. The van der Waals surface area contributed by atoms with Crippen LogP contribution in [0.4, 0.5) is 5.69 Å². The maximum Gasteiger partial charge on any atom is 0.233 e. The van der Waals surface area contributed by atoms with E-state index in [2.05, 4.69) is 10.6 Å². The molecule has 0 bridgehead atoms. The summed E-state index contributed by atoms with van der Waals surface area (Å²) in [6, 6.07) is 9.24. The lowest BCUT2D eigenvalue weighted by Crippen LogP contribution is -2.27. The number of benzene rings is 1. The predicted molar refractivity (Wildman–Crippen MR) is 79.7 cm³/mol. The third kappa shape index (κ3) is 4.49. The Kier molecular flexibility index (Phi) is 4.77. The molecule has 21 heavy (non-hydrogen) atoms.